The van der Waals surface area contributed by atoms with Crippen molar-refractivity contribution in [3.8, 4) is 0 Å². The molecule has 1 rings (SSSR count). The van der Waals surface area contributed by atoms with Crippen LogP contribution >= 0.6 is 0 Å². The van der Waals surface area contributed by atoms with Crippen LogP contribution in [0.4, 0.5) is 4.79 Å². The molecular weight excluding hydrogens is 294 g/mol. The summed E-state index contributed by atoms with van der Waals surface area (Å²) in [4.78, 5) is 29.0. The Morgan fingerprint density at radius 2 is 1.78 bits per heavy atom. The molecule has 0 saturated carbocycles. The third-order valence-electron chi connectivity index (χ3n) is 3.73. The molecule has 0 spiro atoms. The van der Waals surface area contributed by atoms with Crippen LogP contribution < -0.4 is 5.32 Å². The second-order valence-electron chi connectivity index (χ2n) is 7.81. The third kappa shape index (κ3) is 7.68. The number of hydrogen-bond acceptors (Lipinski definition) is 4. The molecule has 0 aromatic heterocycles. The molecule has 0 aromatic rings. The van der Waals surface area contributed by atoms with Crippen molar-refractivity contribution < 1.29 is 14.3 Å². The van der Waals surface area contributed by atoms with E-state index in [9.17, 15) is 9.59 Å². The van der Waals surface area contributed by atoms with Gasteiger partial charge in [-0.3, -0.25) is 4.79 Å². The lowest BCUT2D eigenvalue weighted by molar-refractivity contribution is -0.133. The maximum absolute atomic E-state index is 12.8. The molecule has 1 N–H and O–H groups in total. The standard InChI is InChI=1S/C17H33N3O3/c1-13(2)12-14(18-16(22)23-17(3,4)5)15(21)20-9-7-8-19(6)10-11-20/h13-14H,7-12H2,1-6H3,(H,18,22)/t14-/m1/s1. The van der Waals surface area contributed by atoms with Gasteiger partial charge in [-0.05, 0) is 53.1 Å². The van der Waals surface area contributed by atoms with E-state index in [1.807, 2.05) is 39.5 Å². The molecule has 1 fully saturated rings. The number of rotatable bonds is 4. The molecule has 1 atom stereocenters. The minimum absolute atomic E-state index is 0.000130. The summed E-state index contributed by atoms with van der Waals surface area (Å²) in [6.07, 6.45) is 1.05. The van der Waals surface area contributed by atoms with Crippen molar-refractivity contribution in [3.05, 3.63) is 0 Å². The van der Waals surface area contributed by atoms with E-state index in [0.29, 0.717) is 18.9 Å². The van der Waals surface area contributed by atoms with Gasteiger partial charge in [0.25, 0.3) is 0 Å². The lowest BCUT2D eigenvalue weighted by atomic mass is 10.0. The molecule has 6 nitrogen and oxygen atoms in total. The molecule has 23 heavy (non-hydrogen) atoms. The molecule has 1 saturated heterocycles. The van der Waals surface area contributed by atoms with E-state index >= 15 is 0 Å². The zero-order valence-electron chi connectivity index (χ0n) is 15.5. The maximum Gasteiger partial charge on any atom is 0.408 e. The molecule has 2 amide bonds. The van der Waals surface area contributed by atoms with Crippen LogP contribution in [0.25, 0.3) is 0 Å². The van der Waals surface area contributed by atoms with Crippen LogP contribution in [0.3, 0.4) is 0 Å². The average Bonchev–Trinajstić information content (AvgIpc) is 2.59. The SMILES string of the molecule is CC(C)C[C@@H](NC(=O)OC(C)(C)C)C(=O)N1CCCN(C)CC1. The van der Waals surface area contributed by atoms with Crippen LogP contribution in [-0.4, -0.2) is 66.7 Å². The number of alkyl carbamates (subject to hydrolysis) is 1. The number of nitrogens with one attached hydrogen (secondary N) is 1. The van der Waals surface area contributed by atoms with Gasteiger partial charge >= 0.3 is 6.09 Å². The largest absolute Gasteiger partial charge is 0.444 e. The first-order chi connectivity index (χ1) is 10.6. The van der Waals surface area contributed by atoms with Crippen LogP contribution in [0, 0.1) is 5.92 Å². The Balaban J connectivity index is 2.71. The first-order valence-electron chi connectivity index (χ1n) is 8.55. The topological polar surface area (TPSA) is 61.9 Å². The number of carbonyl (C=O) groups excluding carboxylic acids is 2. The van der Waals surface area contributed by atoms with Gasteiger partial charge in [0.2, 0.25) is 5.91 Å². The van der Waals surface area contributed by atoms with Gasteiger partial charge < -0.3 is 19.9 Å². The number of ether oxygens (including phenoxy) is 1. The second-order valence-corrected chi connectivity index (χ2v) is 7.81. The number of likely N-dealkylation sites (N-methyl/N-ethyl adjacent to an activating group) is 1. The molecule has 134 valence electrons. The number of nitrogens with zero attached hydrogens (tertiary/aromatic N) is 2. The zero-order chi connectivity index (χ0) is 17.6. The van der Waals surface area contributed by atoms with Gasteiger partial charge in [-0.15, -0.1) is 0 Å². The highest BCUT2D eigenvalue weighted by Gasteiger charge is 2.29. The van der Waals surface area contributed by atoms with Gasteiger partial charge in [0, 0.05) is 19.6 Å². The lowest BCUT2D eigenvalue weighted by Crippen LogP contribution is -2.51. The Bertz CT molecular complexity index is 404. The summed E-state index contributed by atoms with van der Waals surface area (Å²) >= 11 is 0. The number of amides is 2. The fraction of sp³-hybridized carbons (Fsp3) is 0.882. The quantitative estimate of drug-likeness (QED) is 0.859. The van der Waals surface area contributed by atoms with Crippen molar-refractivity contribution in [2.75, 3.05) is 33.2 Å². The normalized spacial score (nSPS) is 18.5. The van der Waals surface area contributed by atoms with Crippen LogP contribution in [0.1, 0.15) is 47.5 Å². The average molecular weight is 327 g/mol. The molecule has 0 radical (unpaired) electrons. The van der Waals surface area contributed by atoms with Crippen molar-refractivity contribution in [3.63, 3.8) is 0 Å². The highest BCUT2D eigenvalue weighted by molar-refractivity contribution is 5.85. The van der Waals surface area contributed by atoms with Crippen LogP contribution in [0.5, 0.6) is 0 Å². The van der Waals surface area contributed by atoms with Gasteiger partial charge in [-0.1, -0.05) is 13.8 Å². The van der Waals surface area contributed by atoms with Crippen LogP contribution in [0.2, 0.25) is 0 Å². The van der Waals surface area contributed by atoms with E-state index in [1.54, 1.807) is 0 Å². The lowest BCUT2D eigenvalue weighted by Gasteiger charge is -2.29. The van der Waals surface area contributed by atoms with Crippen molar-refractivity contribution in [2.24, 2.45) is 5.92 Å². The van der Waals surface area contributed by atoms with Gasteiger partial charge in [0.15, 0.2) is 0 Å². The number of carbonyl (C=O) groups is 2. The Morgan fingerprint density at radius 3 is 2.35 bits per heavy atom. The van der Waals surface area contributed by atoms with E-state index in [4.69, 9.17) is 4.74 Å². The minimum Gasteiger partial charge on any atom is -0.444 e. The Morgan fingerprint density at radius 1 is 1.13 bits per heavy atom. The Kier molecular flexibility index (Phi) is 7.32. The summed E-state index contributed by atoms with van der Waals surface area (Å²) in [7, 11) is 2.07. The van der Waals surface area contributed by atoms with Crippen molar-refractivity contribution in [2.45, 2.75) is 59.1 Å². The molecule has 0 unspecified atom stereocenters. The van der Waals surface area contributed by atoms with Gasteiger partial charge in [-0.2, -0.15) is 0 Å². The van der Waals surface area contributed by atoms with E-state index in [0.717, 1.165) is 26.1 Å². The van der Waals surface area contributed by atoms with Crippen LogP contribution in [0.15, 0.2) is 0 Å². The van der Waals surface area contributed by atoms with Crippen LogP contribution in [-0.2, 0) is 9.53 Å². The molecule has 1 aliphatic rings. The maximum atomic E-state index is 12.8. The summed E-state index contributed by atoms with van der Waals surface area (Å²) in [5.74, 6) is 0.313. The predicted molar refractivity (Wildman–Crippen MR) is 91.3 cm³/mol. The summed E-state index contributed by atoms with van der Waals surface area (Å²) in [5, 5.41) is 2.77. The summed E-state index contributed by atoms with van der Waals surface area (Å²) in [6.45, 7) is 12.9. The highest BCUT2D eigenvalue weighted by atomic mass is 16.6. The van der Waals surface area contributed by atoms with E-state index in [2.05, 4.69) is 17.3 Å². The zero-order valence-corrected chi connectivity index (χ0v) is 15.5. The van der Waals surface area contributed by atoms with E-state index in [-0.39, 0.29) is 5.91 Å². The first-order valence-corrected chi connectivity index (χ1v) is 8.55. The smallest absolute Gasteiger partial charge is 0.408 e. The minimum atomic E-state index is -0.569. The summed E-state index contributed by atoms with van der Waals surface area (Å²) in [6, 6.07) is -0.520. The van der Waals surface area contributed by atoms with Crippen molar-refractivity contribution in [1.82, 2.24) is 15.1 Å². The highest BCUT2D eigenvalue weighted by Crippen LogP contribution is 2.12. The molecule has 0 bridgehead atoms. The van der Waals surface area contributed by atoms with E-state index in [1.165, 1.54) is 0 Å². The molecular formula is C17H33N3O3. The molecule has 0 aromatic carbocycles. The second kappa shape index (κ2) is 8.52. The Hall–Kier alpha value is -1.30. The Labute approximate surface area is 140 Å². The fourth-order valence-electron chi connectivity index (χ4n) is 2.63. The monoisotopic (exact) mass is 327 g/mol. The third-order valence-corrected chi connectivity index (χ3v) is 3.73. The molecule has 1 heterocycles. The summed E-state index contributed by atoms with van der Waals surface area (Å²) < 4.78 is 5.30. The predicted octanol–water partition coefficient (Wildman–Crippen LogP) is 2.09. The van der Waals surface area contributed by atoms with Gasteiger partial charge in [0.05, 0.1) is 0 Å². The first kappa shape index (κ1) is 19.7. The van der Waals surface area contributed by atoms with Gasteiger partial charge in [-0.25, -0.2) is 4.79 Å². The number of hydrogen-bond donors (Lipinski definition) is 1. The van der Waals surface area contributed by atoms with Crippen molar-refractivity contribution >= 4 is 12.0 Å². The van der Waals surface area contributed by atoms with Crippen molar-refractivity contribution in [1.29, 1.82) is 0 Å². The summed E-state index contributed by atoms with van der Waals surface area (Å²) in [5.41, 5.74) is -0.569. The van der Waals surface area contributed by atoms with Gasteiger partial charge in [0.1, 0.15) is 11.6 Å². The molecule has 1 aliphatic heterocycles. The fourth-order valence-corrected chi connectivity index (χ4v) is 2.63. The molecule has 0 aliphatic carbocycles. The van der Waals surface area contributed by atoms with E-state index < -0.39 is 17.7 Å². The molecule has 6 heteroatoms.